The summed E-state index contributed by atoms with van der Waals surface area (Å²) in [6, 6.07) is 20.0. The average molecular weight is 521 g/mol. The van der Waals surface area contributed by atoms with E-state index < -0.39 is 11.9 Å². The lowest BCUT2D eigenvalue weighted by Crippen LogP contribution is -2.35. The second kappa shape index (κ2) is 10.3. The number of carbonyl (C=O) groups is 2. The third kappa shape index (κ3) is 4.52. The molecule has 1 amide bonds. The molecule has 1 fully saturated rings. The van der Waals surface area contributed by atoms with Crippen LogP contribution in [0.25, 0.3) is 27.5 Å². The smallest absolute Gasteiger partial charge is 0.341 e. The van der Waals surface area contributed by atoms with E-state index in [4.69, 9.17) is 9.72 Å². The van der Waals surface area contributed by atoms with Crippen LogP contribution in [0.4, 0.5) is 0 Å². The molecule has 1 aliphatic rings. The van der Waals surface area contributed by atoms with Crippen molar-refractivity contribution in [3.8, 4) is 0 Å². The van der Waals surface area contributed by atoms with Crippen molar-refractivity contribution in [1.82, 2.24) is 14.0 Å². The Balaban J connectivity index is 1.68. The molecule has 1 aliphatic carbocycles. The van der Waals surface area contributed by atoms with Crippen LogP contribution in [0.15, 0.2) is 82.7 Å². The van der Waals surface area contributed by atoms with Crippen molar-refractivity contribution in [1.29, 1.82) is 0 Å². The monoisotopic (exact) mass is 520 g/mol. The maximum absolute atomic E-state index is 13.6. The van der Waals surface area contributed by atoms with Crippen LogP contribution in [0, 0.1) is 0 Å². The van der Waals surface area contributed by atoms with E-state index in [1.165, 1.54) is 10.5 Å². The number of carbonyl (C=O) groups excluding carboxylic acids is 2. The molecule has 8 heteroatoms. The first kappa shape index (κ1) is 24.7. The molecule has 8 nitrogen and oxygen atoms in total. The minimum absolute atomic E-state index is 0.0724. The first-order valence-corrected chi connectivity index (χ1v) is 13.4. The molecule has 0 bridgehead atoms. The number of fused-ring (bicyclic) bond motifs is 3. The molecule has 6 rings (SSSR count). The Morgan fingerprint density at radius 3 is 2.54 bits per heavy atom. The standard InChI is InChI=1S/C31H28N4O4/c1-2-39-31(38)25-19-24-27(32-26-14-8-9-17-34(26)30(24)37)35(23-12-4-3-5-13-23)28(25)33-29(36)22-16-15-20-10-6-7-11-21(20)18-22/h6-11,14-19,23H,2-5,12-13H2,1H3. The van der Waals surface area contributed by atoms with Crippen molar-refractivity contribution in [2.24, 2.45) is 4.99 Å². The van der Waals surface area contributed by atoms with E-state index in [1.54, 1.807) is 37.4 Å². The Kier molecular flexibility index (Phi) is 6.52. The van der Waals surface area contributed by atoms with Crippen LogP contribution in [0.2, 0.25) is 0 Å². The molecule has 3 aromatic heterocycles. The Morgan fingerprint density at radius 1 is 0.974 bits per heavy atom. The van der Waals surface area contributed by atoms with Gasteiger partial charge in [-0.05, 0) is 60.9 Å². The van der Waals surface area contributed by atoms with Gasteiger partial charge in [-0.25, -0.2) is 9.78 Å². The van der Waals surface area contributed by atoms with E-state index in [9.17, 15) is 14.4 Å². The predicted molar refractivity (Wildman–Crippen MR) is 149 cm³/mol. The van der Waals surface area contributed by atoms with Crippen molar-refractivity contribution in [2.75, 3.05) is 6.61 Å². The second-order valence-electron chi connectivity index (χ2n) is 9.83. The average Bonchev–Trinajstić information content (AvgIpc) is 2.97. The predicted octanol–water partition coefficient (Wildman–Crippen LogP) is 5.23. The fourth-order valence-electron chi connectivity index (χ4n) is 5.48. The molecule has 2 aromatic carbocycles. The first-order valence-electron chi connectivity index (χ1n) is 13.4. The summed E-state index contributed by atoms with van der Waals surface area (Å²) in [6.07, 6.45) is 6.40. The molecular formula is C31H28N4O4. The van der Waals surface area contributed by atoms with Crippen LogP contribution in [0.1, 0.15) is 65.8 Å². The summed E-state index contributed by atoms with van der Waals surface area (Å²) < 4.78 is 8.68. The molecule has 3 heterocycles. The van der Waals surface area contributed by atoms with Gasteiger partial charge >= 0.3 is 5.97 Å². The summed E-state index contributed by atoms with van der Waals surface area (Å²) in [6.45, 7) is 1.86. The first-order chi connectivity index (χ1) is 19.0. The summed E-state index contributed by atoms with van der Waals surface area (Å²) in [5.74, 6) is -1.11. The van der Waals surface area contributed by atoms with Crippen molar-refractivity contribution in [2.45, 2.75) is 45.1 Å². The third-order valence-corrected chi connectivity index (χ3v) is 7.37. The molecule has 1 saturated carbocycles. The fourth-order valence-corrected chi connectivity index (χ4v) is 5.48. The van der Waals surface area contributed by atoms with Gasteiger partial charge < -0.3 is 9.30 Å². The molecular weight excluding hydrogens is 492 g/mol. The van der Waals surface area contributed by atoms with Gasteiger partial charge in [0.15, 0.2) is 5.49 Å². The number of pyridine rings is 2. The number of hydrogen-bond acceptors (Lipinski definition) is 5. The van der Waals surface area contributed by atoms with E-state index in [2.05, 4.69) is 4.99 Å². The summed E-state index contributed by atoms with van der Waals surface area (Å²) >= 11 is 0. The van der Waals surface area contributed by atoms with Crippen LogP contribution in [0.3, 0.4) is 0 Å². The van der Waals surface area contributed by atoms with Gasteiger partial charge in [-0.1, -0.05) is 55.7 Å². The molecule has 5 aromatic rings. The van der Waals surface area contributed by atoms with Crippen LogP contribution in [-0.2, 0) is 4.74 Å². The lowest BCUT2D eigenvalue weighted by Gasteiger charge is -2.27. The molecule has 0 atom stereocenters. The molecule has 0 saturated heterocycles. The number of amides is 1. The SMILES string of the molecule is CCOC(=O)c1cc2c(=O)n3ccccc3nc2n(C2CCCCC2)c1=NC(=O)c1ccc2ccccc2c1. The van der Waals surface area contributed by atoms with E-state index in [0.717, 1.165) is 42.9 Å². The molecule has 196 valence electrons. The second-order valence-corrected chi connectivity index (χ2v) is 9.83. The Hall–Kier alpha value is -4.59. The van der Waals surface area contributed by atoms with E-state index in [0.29, 0.717) is 16.9 Å². The van der Waals surface area contributed by atoms with Crippen molar-refractivity contribution < 1.29 is 14.3 Å². The number of rotatable bonds is 4. The Labute approximate surface area is 224 Å². The van der Waals surface area contributed by atoms with Gasteiger partial charge in [-0.3, -0.25) is 14.0 Å². The quantitative estimate of drug-likeness (QED) is 0.239. The fraction of sp³-hybridized carbons (Fsp3) is 0.258. The van der Waals surface area contributed by atoms with Crippen LogP contribution in [-0.4, -0.2) is 32.4 Å². The van der Waals surface area contributed by atoms with Crippen molar-refractivity contribution in [3.05, 3.63) is 99.9 Å². The van der Waals surface area contributed by atoms with Crippen molar-refractivity contribution >= 4 is 39.3 Å². The molecule has 0 unspecified atom stereocenters. The van der Waals surface area contributed by atoms with Crippen LogP contribution >= 0.6 is 0 Å². The van der Waals surface area contributed by atoms with Gasteiger partial charge in [0, 0.05) is 17.8 Å². The zero-order valence-electron chi connectivity index (χ0n) is 21.7. The number of ether oxygens (including phenoxy) is 1. The largest absolute Gasteiger partial charge is 0.462 e. The van der Waals surface area contributed by atoms with Crippen molar-refractivity contribution in [3.63, 3.8) is 0 Å². The van der Waals surface area contributed by atoms with Gasteiger partial charge in [0.1, 0.15) is 16.9 Å². The number of aromatic nitrogens is 3. The number of hydrogen-bond donors (Lipinski definition) is 0. The summed E-state index contributed by atoms with van der Waals surface area (Å²) in [4.78, 5) is 49.9. The molecule has 0 spiro atoms. The number of benzene rings is 2. The minimum atomic E-state index is -0.633. The van der Waals surface area contributed by atoms with Gasteiger partial charge in [0.2, 0.25) is 0 Å². The van der Waals surface area contributed by atoms with Gasteiger partial charge in [0.25, 0.3) is 11.5 Å². The molecule has 39 heavy (non-hydrogen) atoms. The zero-order chi connectivity index (χ0) is 26.9. The van der Waals surface area contributed by atoms with E-state index in [1.807, 2.05) is 41.0 Å². The maximum Gasteiger partial charge on any atom is 0.341 e. The summed E-state index contributed by atoms with van der Waals surface area (Å²) in [7, 11) is 0. The molecule has 0 radical (unpaired) electrons. The van der Waals surface area contributed by atoms with E-state index in [-0.39, 0.29) is 34.6 Å². The third-order valence-electron chi connectivity index (χ3n) is 7.37. The minimum Gasteiger partial charge on any atom is -0.462 e. The highest BCUT2D eigenvalue weighted by atomic mass is 16.5. The van der Waals surface area contributed by atoms with Gasteiger partial charge in [-0.2, -0.15) is 4.99 Å². The number of nitrogens with zero attached hydrogens (tertiary/aromatic N) is 4. The van der Waals surface area contributed by atoms with Crippen LogP contribution < -0.4 is 11.0 Å². The summed E-state index contributed by atoms with van der Waals surface area (Å²) in [5, 5.41) is 2.22. The highest BCUT2D eigenvalue weighted by Gasteiger charge is 2.25. The van der Waals surface area contributed by atoms with Gasteiger partial charge in [0.05, 0.1) is 12.0 Å². The maximum atomic E-state index is 13.6. The Morgan fingerprint density at radius 2 is 1.74 bits per heavy atom. The lowest BCUT2D eigenvalue weighted by molar-refractivity contribution is 0.0523. The molecule has 0 aliphatic heterocycles. The lowest BCUT2D eigenvalue weighted by atomic mass is 9.94. The Bertz CT molecular complexity index is 1880. The zero-order valence-corrected chi connectivity index (χ0v) is 21.7. The normalized spacial score (nSPS) is 14.7. The molecule has 0 N–H and O–H groups in total. The van der Waals surface area contributed by atoms with Crippen LogP contribution in [0.5, 0.6) is 0 Å². The van der Waals surface area contributed by atoms with E-state index >= 15 is 0 Å². The van der Waals surface area contributed by atoms with Gasteiger partial charge in [-0.15, -0.1) is 0 Å². The highest BCUT2D eigenvalue weighted by molar-refractivity contribution is 6.00. The number of esters is 1. The summed E-state index contributed by atoms with van der Waals surface area (Å²) in [5.41, 5.74) is 1.27. The highest BCUT2D eigenvalue weighted by Crippen LogP contribution is 2.29. The topological polar surface area (TPSA) is 95.0 Å².